The average molecular weight is 116 g/mol. The van der Waals surface area contributed by atoms with Crippen molar-refractivity contribution in [3.8, 4) is 0 Å². The predicted molar refractivity (Wildman–Crippen MR) is 30.6 cm³/mol. The number of hydrogen-bond acceptors (Lipinski definition) is 2. The highest BCUT2D eigenvalue weighted by Gasteiger charge is 2.19. The van der Waals surface area contributed by atoms with E-state index in [9.17, 15) is 0 Å². The first-order chi connectivity index (χ1) is 3.83. The molecule has 1 saturated heterocycles. The molecule has 0 saturated carbocycles. The molecule has 2 nitrogen and oxygen atoms in total. The summed E-state index contributed by atoms with van der Waals surface area (Å²) in [5.74, 6) is 0. The van der Waals surface area contributed by atoms with E-state index in [1.807, 2.05) is 6.92 Å². The summed E-state index contributed by atoms with van der Waals surface area (Å²) < 4.78 is 10.4. The van der Waals surface area contributed by atoms with E-state index in [1.165, 1.54) is 0 Å². The Bertz CT molecular complexity index is 72.9. The average Bonchev–Trinajstić information content (AvgIpc) is 2.14. The first-order valence-corrected chi connectivity index (χ1v) is 3.10. The molecular formula is C6H12O2. The third kappa shape index (κ3) is 1.20. The van der Waals surface area contributed by atoms with E-state index in [-0.39, 0.29) is 6.29 Å². The minimum absolute atomic E-state index is 0.0277. The maximum atomic E-state index is 5.29. The van der Waals surface area contributed by atoms with Crippen molar-refractivity contribution in [2.24, 2.45) is 0 Å². The standard InChI is InChI=1S/C6H12O2/c1-3-6-4-7-5(2)8-6/h5-6H,3-4H2,1-2H3/t5-,6?/m0/s1. The smallest absolute Gasteiger partial charge is 0.155 e. The third-order valence-electron chi connectivity index (χ3n) is 1.36. The number of hydrogen-bond donors (Lipinski definition) is 0. The molecule has 2 heteroatoms. The second kappa shape index (κ2) is 2.46. The van der Waals surface area contributed by atoms with Gasteiger partial charge in [0.1, 0.15) is 0 Å². The van der Waals surface area contributed by atoms with Crippen LogP contribution in [0.5, 0.6) is 0 Å². The van der Waals surface area contributed by atoms with Gasteiger partial charge in [0, 0.05) is 0 Å². The zero-order valence-corrected chi connectivity index (χ0v) is 5.39. The van der Waals surface area contributed by atoms with Crippen LogP contribution < -0.4 is 0 Å². The first kappa shape index (κ1) is 6.05. The molecule has 0 aliphatic carbocycles. The fourth-order valence-electron chi connectivity index (χ4n) is 0.806. The molecule has 1 rings (SSSR count). The maximum Gasteiger partial charge on any atom is 0.155 e. The molecular weight excluding hydrogens is 104 g/mol. The molecule has 2 atom stereocenters. The molecule has 0 amide bonds. The molecule has 8 heavy (non-hydrogen) atoms. The van der Waals surface area contributed by atoms with Gasteiger partial charge >= 0.3 is 0 Å². The van der Waals surface area contributed by atoms with Gasteiger partial charge in [-0.05, 0) is 13.3 Å². The number of ether oxygens (including phenoxy) is 2. The van der Waals surface area contributed by atoms with Gasteiger partial charge in [-0.25, -0.2) is 0 Å². The predicted octanol–water partition coefficient (Wildman–Crippen LogP) is 1.16. The van der Waals surface area contributed by atoms with Crippen LogP contribution in [0.1, 0.15) is 20.3 Å². The van der Waals surface area contributed by atoms with E-state index >= 15 is 0 Å². The molecule has 1 aliphatic heterocycles. The molecule has 0 aromatic rings. The molecule has 0 radical (unpaired) electrons. The van der Waals surface area contributed by atoms with Gasteiger partial charge in [-0.1, -0.05) is 6.92 Å². The maximum absolute atomic E-state index is 5.29. The van der Waals surface area contributed by atoms with E-state index in [2.05, 4.69) is 6.92 Å². The monoisotopic (exact) mass is 116 g/mol. The topological polar surface area (TPSA) is 18.5 Å². The zero-order valence-electron chi connectivity index (χ0n) is 5.39. The van der Waals surface area contributed by atoms with Crippen molar-refractivity contribution in [2.75, 3.05) is 6.61 Å². The van der Waals surface area contributed by atoms with Crippen molar-refractivity contribution in [2.45, 2.75) is 32.7 Å². The van der Waals surface area contributed by atoms with E-state index < -0.39 is 0 Å². The van der Waals surface area contributed by atoms with Gasteiger partial charge in [-0.15, -0.1) is 0 Å². The summed E-state index contributed by atoms with van der Waals surface area (Å²) in [6.07, 6.45) is 1.44. The first-order valence-electron chi connectivity index (χ1n) is 3.10. The lowest BCUT2D eigenvalue weighted by Crippen LogP contribution is -2.07. The van der Waals surface area contributed by atoms with Crippen LogP contribution >= 0.6 is 0 Å². The van der Waals surface area contributed by atoms with Gasteiger partial charge in [0.25, 0.3) is 0 Å². The second-order valence-corrected chi connectivity index (χ2v) is 2.07. The van der Waals surface area contributed by atoms with Gasteiger partial charge in [-0.3, -0.25) is 0 Å². The fraction of sp³-hybridized carbons (Fsp3) is 1.00. The molecule has 0 N–H and O–H groups in total. The van der Waals surface area contributed by atoms with Crippen molar-refractivity contribution >= 4 is 0 Å². The Hall–Kier alpha value is -0.0800. The van der Waals surface area contributed by atoms with Crippen LogP contribution in [0.3, 0.4) is 0 Å². The summed E-state index contributed by atoms with van der Waals surface area (Å²) in [4.78, 5) is 0. The van der Waals surface area contributed by atoms with Crippen LogP contribution in [0.15, 0.2) is 0 Å². The van der Waals surface area contributed by atoms with Crippen LogP contribution in [0.4, 0.5) is 0 Å². The van der Waals surface area contributed by atoms with Gasteiger partial charge in [0.2, 0.25) is 0 Å². The van der Waals surface area contributed by atoms with Crippen LogP contribution in [0.25, 0.3) is 0 Å². The highest BCUT2D eigenvalue weighted by molar-refractivity contribution is 4.59. The summed E-state index contributed by atoms with van der Waals surface area (Å²) in [5.41, 5.74) is 0. The molecule has 1 aliphatic rings. The van der Waals surface area contributed by atoms with Gasteiger partial charge in [0.15, 0.2) is 6.29 Å². The van der Waals surface area contributed by atoms with Crippen LogP contribution in [0, 0.1) is 0 Å². The van der Waals surface area contributed by atoms with Crippen molar-refractivity contribution in [1.82, 2.24) is 0 Å². The molecule has 1 fully saturated rings. The minimum Gasteiger partial charge on any atom is -0.350 e. The Morgan fingerprint density at radius 3 is 2.62 bits per heavy atom. The van der Waals surface area contributed by atoms with E-state index in [0.29, 0.717) is 6.10 Å². The van der Waals surface area contributed by atoms with Gasteiger partial charge in [-0.2, -0.15) is 0 Å². The zero-order chi connectivity index (χ0) is 5.98. The Labute approximate surface area is 49.8 Å². The van der Waals surface area contributed by atoms with Crippen molar-refractivity contribution < 1.29 is 9.47 Å². The molecule has 0 aromatic heterocycles. The summed E-state index contributed by atoms with van der Waals surface area (Å²) in [6, 6.07) is 0. The lowest BCUT2D eigenvalue weighted by Gasteiger charge is -2.02. The number of rotatable bonds is 1. The van der Waals surface area contributed by atoms with E-state index in [4.69, 9.17) is 9.47 Å². The van der Waals surface area contributed by atoms with E-state index in [0.717, 1.165) is 13.0 Å². The molecule has 1 unspecified atom stereocenters. The molecule has 0 aromatic carbocycles. The summed E-state index contributed by atoms with van der Waals surface area (Å²) in [6.45, 7) is 4.80. The highest BCUT2D eigenvalue weighted by Crippen LogP contribution is 2.12. The Morgan fingerprint density at radius 2 is 2.38 bits per heavy atom. The van der Waals surface area contributed by atoms with Gasteiger partial charge < -0.3 is 9.47 Å². The van der Waals surface area contributed by atoms with E-state index in [1.54, 1.807) is 0 Å². The fourth-order valence-corrected chi connectivity index (χ4v) is 0.806. The minimum atomic E-state index is 0.0277. The summed E-state index contributed by atoms with van der Waals surface area (Å²) >= 11 is 0. The van der Waals surface area contributed by atoms with Crippen LogP contribution in [0.2, 0.25) is 0 Å². The Morgan fingerprint density at radius 1 is 1.62 bits per heavy atom. The quantitative estimate of drug-likeness (QED) is 0.511. The molecule has 0 spiro atoms. The Balaban J connectivity index is 2.22. The van der Waals surface area contributed by atoms with Crippen molar-refractivity contribution in [1.29, 1.82) is 0 Å². The van der Waals surface area contributed by atoms with Gasteiger partial charge in [0.05, 0.1) is 12.7 Å². The van der Waals surface area contributed by atoms with Crippen LogP contribution in [-0.2, 0) is 9.47 Å². The van der Waals surface area contributed by atoms with Crippen molar-refractivity contribution in [3.63, 3.8) is 0 Å². The molecule has 0 bridgehead atoms. The molecule has 48 valence electrons. The summed E-state index contributed by atoms with van der Waals surface area (Å²) in [7, 11) is 0. The normalized spacial score (nSPS) is 38.2. The largest absolute Gasteiger partial charge is 0.350 e. The van der Waals surface area contributed by atoms with Crippen molar-refractivity contribution in [3.05, 3.63) is 0 Å². The Kier molecular flexibility index (Phi) is 1.86. The lowest BCUT2D eigenvalue weighted by atomic mass is 10.3. The highest BCUT2D eigenvalue weighted by atomic mass is 16.7. The summed E-state index contributed by atoms with van der Waals surface area (Å²) in [5, 5.41) is 0. The lowest BCUT2D eigenvalue weighted by molar-refractivity contribution is -0.0424. The molecule has 1 heterocycles. The SMILES string of the molecule is CCC1CO[C@H](C)O1. The second-order valence-electron chi connectivity index (χ2n) is 2.07. The van der Waals surface area contributed by atoms with Crippen LogP contribution in [-0.4, -0.2) is 19.0 Å². The third-order valence-corrected chi connectivity index (χ3v) is 1.36.